The van der Waals surface area contributed by atoms with Crippen LogP contribution < -0.4 is 5.73 Å². The fraction of sp³-hybridized carbons (Fsp3) is 0.600. The van der Waals surface area contributed by atoms with Crippen LogP contribution in [0.2, 0.25) is 0 Å². The van der Waals surface area contributed by atoms with Crippen LogP contribution in [0.15, 0.2) is 0 Å². The quantitative estimate of drug-likeness (QED) is 0.918. The van der Waals surface area contributed by atoms with E-state index in [9.17, 15) is 0 Å². The number of aryl methyl sites for hydroxylation is 2. The molecule has 0 unspecified atom stereocenters. The van der Waals surface area contributed by atoms with Gasteiger partial charge in [-0.15, -0.1) is 11.3 Å². The molecule has 0 bridgehead atoms. The normalized spacial score (nSPS) is 11.9. The standard InChI is InChI=1S/C15H24N4S/c1-6-19(7-9(2)3)8-12-17-14(16)13-10(4)11(5)20-15(13)18-12/h9H,6-8H2,1-5H3,(H2,16,17,18). The van der Waals surface area contributed by atoms with Gasteiger partial charge in [0.25, 0.3) is 0 Å². The summed E-state index contributed by atoms with van der Waals surface area (Å²) in [7, 11) is 0. The Morgan fingerprint density at radius 1 is 1.25 bits per heavy atom. The first-order chi connectivity index (χ1) is 9.42. The zero-order chi connectivity index (χ0) is 14.9. The minimum absolute atomic E-state index is 0.618. The van der Waals surface area contributed by atoms with Crippen LogP contribution in [0.3, 0.4) is 0 Å². The zero-order valence-corrected chi connectivity index (χ0v) is 13.8. The molecule has 110 valence electrons. The van der Waals surface area contributed by atoms with Gasteiger partial charge < -0.3 is 5.73 Å². The number of hydrogen-bond acceptors (Lipinski definition) is 5. The van der Waals surface area contributed by atoms with Crippen LogP contribution in [-0.4, -0.2) is 28.0 Å². The molecule has 2 N–H and O–H groups in total. The summed E-state index contributed by atoms with van der Waals surface area (Å²) in [5, 5.41) is 1.03. The maximum Gasteiger partial charge on any atom is 0.146 e. The lowest BCUT2D eigenvalue weighted by Gasteiger charge is -2.21. The molecule has 0 amide bonds. The summed E-state index contributed by atoms with van der Waals surface area (Å²) in [6, 6.07) is 0. The molecule has 0 saturated carbocycles. The van der Waals surface area contributed by atoms with E-state index in [0.29, 0.717) is 11.7 Å². The van der Waals surface area contributed by atoms with Gasteiger partial charge in [-0.3, -0.25) is 4.90 Å². The molecule has 0 aliphatic rings. The number of thiophene rings is 1. The Kier molecular flexibility index (Phi) is 4.60. The van der Waals surface area contributed by atoms with Gasteiger partial charge in [0.1, 0.15) is 16.5 Å². The third kappa shape index (κ3) is 3.10. The van der Waals surface area contributed by atoms with Crippen LogP contribution in [0, 0.1) is 19.8 Å². The largest absolute Gasteiger partial charge is 0.383 e. The molecule has 0 aromatic carbocycles. The fourth-order valence-corrected chi connectivity index (χ4v) is 3.48. The highest BCUT2D eigenvalue weighted by Gasteiger charge is 2.14. The first-order valence-corrected chi connectivity index (χ1v) is 7.98. The molecule has 0 aliphatic heterocycles. The van der Waals surface area contributed by atoms with Crippen molar-refractivity contribution in [1.29, 1.82) is 0 Å². The summed E-state index contributed by atoms with van der Waals surface area (Å²) < 4.78 is 0. The van der Waals surface area contributed by atoms with Gasteiger partial charge >= 0.3 is 0 Å². The number of nitrogens with two attached hydrogens (primary N) is 1. The highest BCUT2D eigenvalue weighted by atomic mass is 32.1. The van der Waals surface area contributed by atoms with Crippen molar-refractivity contribution in [3.05, 3.63) is 16.3 Å². The van der Waals surface area contributed by atoms with E-state index in [1.54, 1.807) is 11.3 Å². The predicted octanol–water partition coefficient (Wildman–Crippen LogP) is 3.37. The van der Waals surface area contributed by atoms with E-state index >= 15 is 0 Å². The predicted molar refractivity (Wildman–Crippen MR) is 87.1 cm³/mol. The minimum Gasteiger partial charge on any atom is -0.383 e. The summed E-state index contributed by atoms with van der Waals surface area (Å²) in [5.41, 5.74) is 7.34. The highest BCUT2D eigenvalue weighted by molar-refractivity contribution is 7.18. The molecule has 2 aromatic rings. The molecule has 0 radical (unpaired) electrons. The van der Waals surface area contributed by atoms with Gasteiger partial charge in [-0.1, -0.05) is 20.8 Å². The number of aromatic nitrogens is 2. The Balaban J connectivity index is 2.31. The summed E-state index contributed by atoms with van der Waals surface area (Å²) in [6.45, 7) is 13.7. The van der Waals surface area contributed by atoms with Crippen LogP contribution in [0.1, 0.15) is 37.0 Å². The van der Waals surface area contributed by atoms with Crippen molar-refractivity contribution in [3.8, 4) is 0 Å². The van der Waals surface area contributed by atoms with Crippen molar-refractivity contribution >= 4 is 27.4 Å². The number of rotatable bonds is 5. The van der Waals surface area contributed by atoms with Crippen LogP contribution >= 0.6 is 11.3 Å². The molecule has 0 spiro atoms. The van der Waals surface area contributed by atoms with Crippen LogP contribution in [0.4, 0.5) is 5.82 Å². The highest BCUT2D eigenvalue weighted by Crippen LogP contribution is 2.31. The van der Waals surface area contributed by atoms with Crippen molar-refractivity contribution in [2.24, 2.45) is 5.92 Å². The summed E-state index contributed by atoms with van der Waals surface area (Å²) in [5.74, 6) is 2.09. The molecule has 5 heteroatoms. The van der Waals surface area contributed by atoms with E-state index in [1.807, 2.05) is 0 Å². The van der Waals surface area contributed by atoms with E-state index in [1.165, 1.54) is 10.4 Å². The van der Waals surface area contributed by atoms with Gasteiger partial charge in [0.05, 0.1) is 11.9 Å². The monoisotopic (exact) mass is 292 g/mol. The summed E-state index contributed by atoms with van der Waals surface area (Å²) in [4.78, 5) is 13.8. The van der Waals surface area contributed by atoms with Crippen molar-refractivity contribution < 1.29 is 0 Å². The van der Waals surface area contributed by atoms with Gasteiger partial charge in [0.2, 0.25) is 0 Å². The van der Waals surface area contributed by atoms with Gasteiger partial charge in [0, 0.05) is 11.4 Å². The van der Waals surface area contributed by atoms with Crippen molar-refractivity contribution in [2.75, 3.05) is 18.8 Å². The number of anilines is 1. The number of nitrogens with zero attached hydrogens (tertiary/aromatic N) is 3. The van der Waals surface area contributed by atoms with Crippen LogP contribution in [-0.2, 0) is 6.54 Å². The maximum absolute atomic E-state index is 6.13. The van der Waals surface area contributed by atoms with Gasteiger partial charge in [-0.2, -0.15) is 0 Å². The molecule has 4 nitrogen and oxygen atoms in total. The van der Waals surface area contributed by atoms with Crippen molar-refractivity contribution in [1.82, 2.24) is 14.9 Å². The molecule has 2 heterocycles. The molecular weight excluding hydrogens is 268 g/mol. The van der Waals surface area contributed by atoms with Gasteiger partial charge in [-0.05, 0) is 31.9 Å². The summed E-state index contributed by atoms with van der Waals surface area (Å²) in [6.07, 6.45) is 0. The molecular formula is C15H24N4S. The molecule has 2 aromatic heterocycles. The smallest absolute Gasteiger partial charge is 0.146 e. The van der Waals surface area contributed by atoms with E-state index < -0.39 is 0 Å². The molecule has 0 fully saturated rings. The third-order valence-corrected chi connectivity index (χ3v) is 4.64. The van der Waals surface area contributed by atoms with Crippen LogP contribution in [0.25, 0.3) is 10.2 Å². The van der Waals surface area contributed by atoms with E-state index in [4.69, 9.17) is 10.7 Å². The minimum atomic E-state index is 0.618. The van der Waals surface area contributed by atoms with Gasteiger partial charge in [-0.25, -0.2) is 9.97 Å². The van der Waals surface area contributed by atoms with Crippen molar-refractivity contribution in [3.63, 3.8) is 0 Å². The van der Waals surface area contributed by atoms with E-state index in [2.05, 4.69) is 44.5 Å². The maximum atomic E-state index is 6.13. The Labute approximate surface area is 125 Å². The number of hydrogen-bond donors (Lipinski definition) is 1. The third-order valence-electron chi connectivity index (χ3n) is 3.54. The Bertz CT molecular complexity index is 603. The number of fused-ring (bicyclic) bond motifs is 1. The first-order valence-electron chi connectivity index (χ1n) is 7.16. The lowest BCUT2D eigenvalue weighted by Crippen LogP contribution is -2.28. The second kappa shape index (κ2) is 6.06. The molecule has 2 rings (SSSR count). The fourth-order valence-electron chi connectivity index (χ4n) is 2.42. The second-order valence-electron chi connectivity index (χ2n) is 5.71. The Hall–Kier alpha value is -1.20. The average Bonchev–Trinajstić information content (AvgIpc) is 2.63. The van der Waals surface area contributed by atoms with E-state index in [0.717, 1.165) is 35.7 Å². The Morgan fingerprint density at radius 2 is 1.95 bits per heavy atom. The lowest BCUT2D eigenvalue weighted by atomic mass is 10.2. The molecule has 0 atom stereocenters. The summed E-state index contributed by atoms with van der Waals surface area (Å²) >= 11 is 1.71. The first kappa shape index (κ1) is 15.2. The molecule has 0 aliphatic carbocycles. The second-order valence-corrected chi connectivity index (χ2v) is 6.91. The Morgan fingerprint density at radius 3 is 2.55 bits per heavy atom. The topological polar surface area (TPSA) is 55.0 Å². The molecule has 0 saturated heterocycles. The SMILES string of the molecule is CCN(Cc1nc(N)c2c(C)c(C)sc2n1)CC(C)C. The van der Waals surface area contributed by atoms with Gasteiger partial charge in [0.15, 0.2) is 0 Å². The van der Waals surface area contributed by atoms with E-state index in [-0.39, 0.29) is 0 Å². The molecule has 20 heavy (non-hydrogen) atoms. The zero-order valence-electron chi connectivity index (χ0n) is 13.0. The van der Waals surface area contributed by atoms with Crippen LogP contribution in [0.5, 0.6) is 0 Å². The van der Waals surface area contributed by atoms with Crippen molar-refractivity contribution in [2.45, 2.75) is 41.2 Å². The number of nitrogen functional groups attached to an aromatic ring is 1. The average molecular weight is 292 g/mol. The lowest BCUT2D eigenvalue weighted by molar-refractivity contribution is 0.243.